The third kappa shape index (κ3) is 1.42. The largest absolute Gasteiger partial charge is 0.335 e. The minimum absolute atomic E-state index is 0.237. The van der Waals surface area contributed by atoms with Crippen LogP contribution in [0.2, 0.25) is 10.0 Å². The molecule has 0 unspecified atom stereocenters. The van der Waals surface area contributed by atoms with Gasteiger partial charge in [-0.05, 0) is 12.1 Å². The van der Waals surface area contributed by atoms with Crippen molar-refractivity contribution in [3.05, 3.63) is 22.2 Å². The summed E-state index contributed by atoms with van der Waals surface area (Å²) < 4.78 is 0. The van der Waals surface area contributed by atoms with Crippen LogP contribution in [0.5, 0.6) is 0 Å². The SMILES string of the molecule is O=C1[N]c2c(Cl)cc(Cl)cc2NC1=O. The van der Waals surface area contributed by atoms with Gasteiger partial charge in [0, 0.05) is 5.02 Å². The second-order valence-corrected chi connectivity index (χ2v) is 3.50. The van der Waals surface area contributed by atoms with Gasteiger partial charge < -0.3 is 5.32 Å². The Hall–Kier alpha value is -1.26. The van der Waals surface area contributed by atoms with E-state index in [0.717, 1.165) is 0 Å². The van der Waals surface area contributed by atoms with Gasteiger partial charge in [0.25, 0.3) is 0 Å². The van der Waals surface area contributed by atoms with Gasteiger partial charge in [-0.15, -0.1) is 0 Å². The monoisotopic (exact) mass is 229 g/mol. The molecule has 4 nitrogen and oxygen atoms in total. The summed E-state index contributed by atoms with van der Waals surface area (Å²) in [5.74, 6) is -1.64. The van der Waals surface area contributed by atoms with Crippen LogP contribution in [-0.2, 0) is 9.59 Å². The van der Waals surface area contributed by atoms with Crippen LogP contribution in [0.4, 0.5) is 11.4 Å². The molecule has 0 saturated carbocycles. The molecule has 0 spiro atoms. The maximum atomic E-state index is 10.9. The summed E-state index contributed by atoms with van der Waals surface area (Å²) in [6.45, 7) is 0. The molecule has 6 heteroatoms. The molecule has 0 aromatic heterocycles. The van der Waals surface area contributed by atoms with Crippen molar-refractivity contribution >= 4 is 46.4 Å². The Morgan fingerprint density at radius 1 is 1.21 bits per heavy atom. The van der Waals surface area contributed by atoms with Crippen LogP contribution in [0.3, 0.4) is 0 Å². The van der Waals surface area contributed by atoms with Crippen LogP contribution in [0.15, 0.2) is 12.1 Å². The van der Waals surface area contributed by atoms with E-state index in [1.165, 1.54) is 12.1 Å². The van der Waals surface area contributed by atoms with Gasteiger partial charge in [0.2, 0.25) is 0 Å². The Morgan fingerprint density at radius 3 is 2.64 bits per heavy atom. The molecule has 1 aromatic carbocycles. The van der Waals surface area contributed by atoms with E-state index >= 15 is 0 Å². The quantitative estimate of drug-likeness (QED) is 0.689. The molecule has 1 heterocycles. The lowest BCUT2D eigenvalue weighted by Gasteiger charge is -2.16. The van der Waals surface area contributed by atoms with Crippen molar-refractivity contribution in [1.82, 2.24) is 5.32 Å². The first-order chi connectivity index (χ1) is 6.58. The first kappa shape index (κ1) is 9.30. The zero-order valence-corrected chi connectivity index (χ0v) is 8.19. The number of nitrogens with zero attached hydrogens (tertiary/aromatic N) is 1. The number of hydrogen-bond acceptors (Lipinski definition) is 2. The lowest BCUT2D eigenvalue weighted by atomic mass is 10.2. The number of amides is 2. The third-order valence-corrected chi connectivity index (χ3v) is 2.19. The molecule has 1 aliphatic rings. The predicted octanol–water partition coefficient (Wildman–Crippen LogP) is 1.71. The highest BCUT2D eigenvalue weighted by Gasteiger charge is 2.26. The molecule has 0 aliphatic carbocycles. The highest BCUT2D eigenvalue weighted by Crippen LogP contribution is 2.35. The van der Waals surface area contributed by atoms with Gasteiger partial charge >= 0.3 is 11.8 Å². The Labute approximate surface area is 89.2 Å². The van der Waals surface area contributed by atoms with E-state index in [1.807, 2.05) is 0 Å². The molecule has 2 rings (SSSR count). The molecule has 14 heavy (non-hydrogen) atoms. The van der Waals surface area contributed by atoms with E-state index < -0.39 is 11.8 Å². The highest BCUT2D eigenvalue weighted by molar-refractivity contribution is 6.45. The Bertz CT molecular complexity index is 445. The molecule has 1 aromatic rings. The number of carbonyl (C=O) groups is 2. The van der Waals surface area contributed by atoms with Crippen molar-refractivity contribution in [2.24, 2.45) is 0 Å². The number of carbonyl (C=O) groups excluding carboxylic acids is 2. The Morgan fingerprint density at radius 2 is 1.93 bits per heavy atom. The van der Waals surface area contributed by atoms with Crippen molar-refractivity contribution in [3.63, 3.8) is 0 Å². The Balaban J connectivity index is 2.57. The van der Waals surface area contributed by atoms with Crippen molar-refractivity contribution in [1.29, 1.82) is 0 Å². The Kier molecular flexibility index (Phi) is 2.09. The molecule has 71 valence electrons. The summed E-state index contributed by atoms with van der Waals surface area (Å²) in [5.41, 5.74) is 0.604. The number of benzene rings is 1. The number of halogens is 2. The van der Waals surface area contributed by atoms with E-state index in [1.54, 1.807) is 0 Å². The van der Waals surface area contributed by atoms with E-state index in [4.69, 9.17) is 23.2 Å². The number of fused-ring (bicyclic) bond motifs is 1. The van der Waals surface area contributed by atoms with Gasteiger partial charge in [-0.2, -0.15) is 0 Å². The lowest BCUT2D eigenvalue weighted by molar-refractivity contribution is -0.135. The van der Waals surface area contributed by atoms with Crippen LogP contribution in [0, 0.1) is 0 Å². The van der Waals surface area contributed by atoms with Crippen molar-refractivity contribution in [3.8, 4) is 0 Å². The second kappa shape index (κ2) is 3.15. The molecule has 2 amide bonds. The second-order valence-electron chi connectivity index (χ2n) is 2.65. The fraction of sp³-hybridized carbons (Fsp3) is 0. The van der Waals surface area contributed by atoms with Crippen molar-refractivity contribution < 1.29 is 9.59 Å². The maximum absolute atomic E-state index is 10.9. The topological polar surface area (TPSA) is 60.3 Å². The van der Waals surface area contributed by atoms with E-state index in [0.29, 0.717) is 10.7 Å². The predicted molar refractivity (Wildman–Crippen MR) is 51.9 cm³/mol. The lowest BCUT2D eigenvalue weighted by Crippen LogP contribution is -2.33. The van der Waals surface area contributed by atoms with E-state index in [2.05, 4.69) is 10.6 Å². The standard InChI is InChI=1S/C8H3Cl2N2O2/c9-3-1-4(10)6-5(2-3)11-7(13)8(14)12-6/h1-2H,(H,11,13). The molecule has 1 aliphatic heterocycles. The summed E-state index contributed by atoms with van der Waals surface area (Å²) in [4.78, 5) is 21.9. The van der Waals surface area contributed by atoms with E-state index in [-0.39, 0.29) is 10.7 Å². The molecule has 1 N–H and O–H groups in total. The van der Waals surface area contributed by atoms with Crippen LogP contribution in [0.25, 0.3) is 0 Å². The van der Waals surface area contributed by atoms with Gasteiger partial charge in [0.15, 0.2) is 0 Å². The summed E-state index contributed by atoms with van der Waals surface area (Å²) in [6.07, 6.45) is 0. The first-order valence-electron chi connectivity index (χ1n) is 3.64. The highest BCUT2D eigenvalue weighted by atomic mass is 35.5. The summed E-state index contributed by atoms with van der Waals surface area (Å²) in [5, 5.41) is 6.48. The van der Waals surface area contributed by atoms with Crippen LogP contribution in [0.1, 0.15) is 0 Å². The van der Waals surface area contributed by atoms with Crippen LogP contribution < -0.4 is 10.6 Å². The fourth-order valence-corrected chi connectivity index (χ4v) is 1.64. The summed E-state index contributed by atoms with van der Waals surface area (Å²) in [7, 11) is 0. The summed E-state index contributed by atoms with van der Waals surface area (Å²) >= 11 is 11.5. The van der Waals surface area contributed by atoms with Gasteiger partial charge in [-0.1, -0.05) is 23.2 Å². The average molecular weight is 230 g/mol. The number of rotatable bonds is 0. The number of hydrogen-bond donors (Lipinski definition) is 1. The van der Waals surface area contributed by atoms with Crippen LogP contribution >= 0.6 is 23.2 Å². The fourth-order valence-electron chi connectivity index (χ4n) is 1.10. The van der Waals surface area contributed by atoms with Crippen molar-refractivity contribution in [2.45, 2.75) is 0 Å². The number of nitrogens with one attached hydrogen (secondary N) is 1. The molecule has 0 saturated heterocycles. The van der Waals surface area contributed by atoms with Gasteiger partial charge in [-0.25, -0.2) is 5.32 Å². The molecular weight excluding hydrogens is 227 g/mol. The van der Waals surface area contributed by atoms with Gasteiger partial charge in [0.05, 0.1) is 10.7 Å². The molecule has 0 atom stereocenters. The molecule has 1 radical (unpaired) electrons. The minimum Gasteiger partial charge on any atom is -0.316 e. The zero-order valence-electron chi connectivity index (χ0n) is 6.67. The third-order valence-electron chi connectivity index (χ3n) is 1.68. The molecule has 0 fully saturated rings. The smallest absolute Gasteiger partial charge is 0.316 e. The molecular formula is C8H3Cl2N2O2. The summed E-state index contributed by atoms with van der Waals surface area (Å²) in [6, 6.07) is 2.94. The zero-order chi connectivity index (χ0) is 10.3. The van der Waals surface area contributed by atoms with E-state index in [9.17, 15) is 9.59 Å². The van der Waals surface area contributed by atoms with Gasteiger partial charge in [0.1, 0.15) is 5.69 Å². The maximum Gasteiger partial charge on any atom is 0.335 e. The molecule has 0 bridgehead atoms. The van der Waals surface area contributed by atoms with Gasteiger partial charge in [-0.3, -0.25) is 9.59 Å². The number of anilines is 1. The minimum atomic E-state index is -0.860. The van der Waals surface area contributed by atoms with Crippen molar-refractivity contribution in [2.75, 3.05) is 5.32 Å². The normalized spacial score (nSPS) is 14.4. The first-order valence-corrected chi connectivity index (χ1v) is 4.39. The average Bonchev–Trinajstić information content (AvgIpc) is 2.08. The van der Waals surface area contributed by atoms with Crippen LogP contribution in [-0.4, -0.2) is 11.8 Å².